The van der Waals surface area contributed by atoms with Crippen LogP contribution in [-0.2, 0) is 13.6 Å². The van der Waals surface area contributed by atoms with Gasteiger partial charge in [-0.1, -0.05) is 17.7 Å². The van der Waals surface area contributed by atoms with Gasteiger partial charge in [-0.25, -0.2) is 0 Å². The quantitative estimate of drug-likeness (QED) is 0.862. The highest BCUT2D eigenvalue weighted by Gasteiger charge is 2.31. The van der Waals surface area contributed by atoms with Crippen molar-refractivity contribution in [1.82, 2.24) is 14.7 Å². The highest BCUT2D eigenvalue weighted by Crippen LogP contribution is 2.41. The smallest absolute Gasteiger partial charge is 0.0537 e. The van der Waals surface area contributed by atoms with Gasteiger partial charge in [-0.2, -0.15) is 5.10 Å². The van der Waals surface area contributed by atoms with Crippen molar-refractivity contribution < 1.29 is 0 Å². The van der Waals surface area contributed by atoms with Crippen molar-refractivity contribution in [3.63, 3.8) is 0 Å². The molecule has 1 aromatic heterocycles. The van der Waals surface area contributed by atoms with Crippen LogP contribution in [0, 0.1) is 6.92 Å². The third-order valence-corrected chi connectivity index (χ3v) is 5.57. The van der Waals surface area contributed by atoms with Crippen LogP contribution in [0.25, 0.3) is 0 Å². The van der Waals surface area contributed by atoms with Crippen LogP contribution in [0.3, 0.4) is 0 Å². The predicted octanol–water partition coefficient (Wildman–Crippen LogP) is 3.32. The zero-order valence-corrected chi connectivity index (χ0v) is 15.1. The summed E-state index contributed by atoms with van der Waals surface area (Å²) in [5.74, 6) is 0.761. The molecule has 2 aromatic rings. The lowest BCUT2D eigenvalue weighted by Gasteiger charge is -2.41. The summed E-state index contributed by atoms with van der Waals surface area (Å²) in [6.45, 7) is 8.87. The Morgan fingerprint density at radius 2 is 1.88 bits per heavy atom. The number of aromatic nitrogens is 2. The third-order valence-electron chi connectivity index (χ3n) is 5.57. The standard InChI is InChI=1S/C20H28N4/c1-15-4-8-19(9-5-15)24-11-10-23(16(2)13-24)14-18-12-21-22(3)20(18)17-6-7-17/h4-5,8-9,12,16-17H,6-7,10-11,13-14H2,1-3H3/t16-/m1/s1. The topological polar surface area (TPSA) is 24.3 Å². The second kappa shape index (κ2) is 6.25. The Bertz CT molecular complexity index is 699. The average molecular weight is 324 g/mol. The summed E-state index contributed by atoms with van der Waals surface area (Å²) in [7, 11) is 2.09. The number of benzene rings is 1. The molecule has 4 nitrogen and oxygen atoms in total. The van der Waals surface area contributed by atoms with Gasteiger partial charge in [0, 0.05) is 62.1 Å². The van der Waals surface area contributed by atoms with Crippen LogP contribution < -0.4 is 4.90 Å². The molecule has 0 radical (unpaired) electrons. The van der Waals surface area contributed by atoms with Crippen LogP contribution in [0.4, 0.5) is 5.69 Å². The molecule has 1 saturated heterocycles. The van der Waals surface area contributed by atoms with Crippen molar-refractivity contribution in [2.75, 3.05) is 24.5 Å². The Morgan fingerprint density at radius 1 is 1.12 bits per heavy atom. The molecule has 0 N–H and O–H groups in total. The first-order chi connectivity index (χ1) is 11.6. The fourth-order valence-electron chi connectivity index (χ4n) is 3.94. The van der Waals surface area contributed by atoms with E-state index in [4.69, 9.17) is 0 Å². The maximum absolute atomic E-state index is 4.52. The van der Waals surface area contributed by atoms with Gasteiger partial charge in [0.15, 0.2) is 0 Å². The van der Waals surface area contributed by atoms with E-state index in [2.05, 4.69) is 70.9 Å². The van der Waals surface area contributed by atoms with Crippen LogP contribution in [0.15, 0.2) is 30.5 Å². The Kier molecular flexibility index (Phi) is 4.09. The Hall–Kier alpha value is -1.81. The van der Waals surface area contributed by atoms with Crippen molar-refractivity contribution in [3.05, 3.63) is 47.3 Å². The van der Waals surface area contributed by atoms with E-state index in [-0.39, 0.29) is 0 Å². The third kappa shape index (κ3) is 3.07. The van der Waals surface area contributed by atoms with Crippen LogP contribution in [-0.4, -0.2) is 40.4 Å². The van der Waals surface area contributed by atoms with Gasteiger partial charge in [0.05, 0.1) is 6.20 Å². The summed E-state index contributed by atoms with van der Waals surface area (Å²) in [6.07, 6.45) is 4.76. The molecule has 1 aliphatic heterocycles. The largest absolute Gasteiger partial charge is 0.369 e. The molecule has 1 atom stereocenters. The number of hydrogen-bond donors (Lipinski definition) is 0. The summed E-state index contributed by atoms with van der Waals surface area (Å²) in [6, 6.07) is 9.49. The summed E-state index contributed by atoms with van der Waals surface area (Å²) >= 11 is 0. The molecule has 2 heterocycles. The van der Waals surface area contributed by atoms with Crippen molar-refractivity contribution in [2.24, 2.45) is 7.05 Å². The number of hydrogen-bond acceptors (Lipinski definition) is 3. The van der Waals surface area contributed by atoms with Gasteiger partial charge < -0.3 is 4.90 Å². The molecule has 4 rings (SSSR count). The second-order valence-electron chi connectivity index (χ2n) is 7.55. The molecule has 4 heteroatoms. The molecule has 24 heavy (non-hydrogen) atoms. The number of rotatable bonds is 4. The lowest BCUT2D eigenvalue weighted by molar-refractivity contribution is 0.180. The number of aryl methyl sites for hydroxylation is 2. The maximum Gasteiger partial charge on any atom is 0.0537 e. The monoisotopic (exact) mass is 324 g/mol. The highest BCUT2D eigenvalue weighted by molar-refractivity contribution is 5.48. The molecule has 1 aromatic carbocycles. The van der Waals surface area contributed by atoms with E-state index < -0.39 is 0 Å². The normalized spacial score (nSPS) is 22.1. The minimum atomic E-state index is 0.562. The van der Waals surface area contributed by atoms with E-state index in [1.165, 1.54) is 35.3 Å². The van der Waals surface area contributed by atoms with Gasteiger partial charge in [0.25, 0.3) is 0 Å². The Balaban J connectivity index is 1.43. The molecule has 2 fully saturated rings. The first-order valence-electron chi connectivity index (χ1n) is 9.18. The van der Waals surface area contributed by atoms with Gasteiger partial charge in [-0.15, -0.1) is 0 Å². The van der Waals surface area contributed by atoms with Crippen LogP contribution in [0.2, 0.25) is 0 Å². The van der Waals surface area contributed by atoms with Crippen LogP contribution >= 0.6 is 0 Å². The minimum Gasteiger partial charge on any atom is -0.369 e. The molecular weight excluding hydrogens is 296 g/mol. The zero-order chi connectivity index (χ0) is 16.7. The molecule has 1 saturated carbocycles. The number of piperazine rings is 1. The summed E-state index contributed by atoms with van der Waals surface area (Å²) < 4.78 is 2.10. The van der Waals surface area contributed by atoms with Gasteiger partial charge in [0.1, 0.15) is 0 Å². The molecule has 0 unspecified atom stereocenters. The van der Waals surface area contributed by atoms with Gasteiger partial charge in [-0.05, 0) is 38.8 Å². The fourth-order valence-corrected chi connectivity index (χ4v) is 3.94. The zero-order valence-electron chi connectivity index (χ0n) is 15.1. The van der Waals surface area contributed by atoms with E-state index in [0.717, 1.165) is 32.1 Å². The Labute approximate surface area is 145 Å². The lowest BCUT2D eigenvalue weighted by atomic mass is 10.1. The molecule has 1 aliphatic carbocycles. The summed E-state index contributed by atoms with van der Waals surface area (Å²) in [5.41, 5.74) is 5.60. The van der Waals surface area contributed by atoms with Crippen molar-refractivity contribution in [1.29, 1.82) is 0 Å². The molecule has 0 spiro atoms. The molecular formula is C20H28N4. The molecule has 0 amide bonds. The molecule has 0 bridgehead atoms. The SMILES string of the molecule is Cc1ccc(N2CCN(Cc3cnn(C)c3C3CC3)[C@H](C)C2)cc1. The van der Waals surface area contributed by atoms with E-state index in [1.54, 1.807) is 0 Å². The van der Waals surface area contributed by atoms with Crippen LogP contribution in [0.5, 0.6) is 0 Å². The fraction of sp³-hybridized carbons (Fsp3) is 0.550. The van der Waals surface area contributed by atoms with E-state index >= 15 is 0 Å². The first kappa shape index (κ1) is 15.7. The van der Waals surface area contributed by atoms with E-state index in [1.807, 2.05) is 0 Å². The number of anilines is 1. The van der Waals surface area contributed by atoms with Crippen molar-refractivity contribution >= 4 is 5.69 Å². The Morgan fingerprint density at radius 3 is 2.54 bits per heavy atom. The lowest BCUT2D eigenvalue weighted by Crippen LogP contribution is -2.51. The predicted molar refractivity (Wildman–Crippen MR) is 98.4 cm³/mol. The van der Waals surface area contributed by atoms with Gasteiger partial charge in [-0.3, -0.25) is 9.58 Å². The summed E-state index contributed by atoms with van der Waals surface area (Å²) in [5, 5.41) is 4.52. The molecule has 128 valence electrons. The van der Waals surface area contributed by atoms with E-state index in [9.17, 15) is 0 Å². The number of nitrogens with zero attached hydrogens (tertiary/aromatic N) is 4. The average Bonchev–Trinajstić information content (AvgIpc) is 3.34. The van der Waals surface area contributed by atoms with Crippen molar-refractivity contribution in [3.8, 4) is 0 Å². The highest BCUT2D eigenvalue weighted by atomic mass is 15.3. The minimum absolute atomic E-state index is 0.562. The van der Waals surface area contributed by atoms with Crippen LogP contribution in [0.1, 0.15) is 42.5 Å². The second-order valence-corrected chi connectivity index (χ2v) is 7.55. The first-order valence-corrected chi connectivity index (χ1v) is 9.18. The van der Waals surface area contributed by atoms with Crippen molar-refractivity contribution in [2.45, 2.75) is 45.2 Å². The van der Waals surface area contributed by atoms with E-state index in [0.29, 0.717) is 6.04 Å². The molecule has 2 aliphatic rings. The van der Waals surface area contributed by atoms with Gasteiger partial charge in [0.2, 0.25) is 0 Å². The summed E-state index contributed by atoms with van der Waals surface area (Å²) in [4.78, 5) is 5.14. The van der Waals surface area contributed by atoms with Gasteiger partial charge >= 0.3 is 0 Å². The maximum atomic E-state index is 4.52.